The van der Waals surface area contributed by atoms with Crippen LogP contribution in [0.4, 0.5) is 0 Å². The van der Waals surface area contributed by atoms with Gasteiger partial charge in [-0.05, 0) is 30.6 Å². The lowest BCUT2D eigenvalue weighted by atomic mass is 10.0. The molecule has 0 spiro atoms. The van der Waals surface area contributed by atoms with E-state index in [1.54, 1.807) is 7.11 Å². The van der Waals surface area contributed by atoms with E-state index in [-0.39, 0.29) is 0 Å². The van der Waals surface area contributed by atoms with E-state index in [4.69, 9.17) is 9.47 Å². The first-order valence-corrected chi connectivity index (χ1v) is 6.89. The van der Waals surface area contributed by atoms with Crippen molar-refractivity contribution in [2.24, 2.45) is 17.8 Å². The summed E-state index contributed by atoms with van der Waals surface area (Å²) in [5.41, 5.74) is 0.544. The van der Waals surface area contributed by atoms with Crippen LogP contribution in [0.3, 0.4) is 0 Å². The van der Waals surface area contributed by atoms with Crippen LogP contribution in [0.15, 0.2) is 6.20 Å². The zero-order chi connectivity index (χ0) is 13.4. The maximum atomic E-state index is 10.5. The smallest absolute Gasteiger partial charge is 0.241 e. The predicted molar refractivity (Wildman–Crippen MR) is 69.0 cm³/mol. The zero-order valence-corrected chi connectivity index (χ0v) is 11.4. The van der Waals surface area contributed by atoms with Gasteiger partial charge in [-0.25, -0.2) is 4.98 Å². The molecule has 104 valence electrons. The molecule has 0 bridgehead atoms. The summed E-state index contributed by atoms with van der Waals surface area (Å²) in [7, 11) is 3.08. The molecule has 3 rings (SSSR count). The lowest BCUT2D eigenvalue weighted by Gasteiger charge is -2.13. The Balaban J connectivity index is 1.81. The number of hydrogen-bond donors (Lipinski definition) is 1. The number of aliphatic hydroxyl groups is 1. The minimum absolute atomic E-state index is 0.332. The number of hydrogen-bond acceptors (Lipinski definition) is 5. The Morgan fingerprint density at radius 2 is 1.89 bits per heavy atom. The Hall–Kier alpha value is -1.36. The van der Waals surface area contributed by atoms with Crippen LogP contribution in [0.2, 0.25) is 0 Å². The van der Waals surface area contributed by atoms with Gasteiger partial charge >= 0.3 is 0 Å². The summed E-state index contributed by atoms with van der Waals surface area (Å²) in [4.78, 5) is 8.47. The fourth-order valence-corrected chi connectivity index (χ4v) is 3.52. The van der Waals surface area contributed by atoms with Crippen molar-refractivity contribution in [3.8, 4) is 11.8 Å². The van der Waals surface area contributed by atoms with Gasteiger partial charge in [-0.15, -0.1) is 0 Å². The van der Waals surface area contributed by atoms with Gasteiger partial charge in [-0.1, -0.05) is 12.8 Å². The maximum absolute atomic E-state index is 10.5. The quantitative estimate of drug-likeness (QED) is 0.900. The summed E-state index contributed by atoms with van der Waals surface area (Å²) >= 11 is 0. The van der Waals surface area contributed by atoms with Crippen LogP contribution in [0.1, 0.15) is 37.5 Å². The van der Waals surface area contributed by atoms with Crippen LogP contribution < -0.4 is 9.47 Å². The van der Waals surface area contributed by atoms with Gasteiger partial charge in [0.15, 0.2) is 0 Å². The first-order valence-electron chi connectivity index (χ1n) is 6.89. The molecule has 2 aliphatic carbocycles. The third kappa shape index (κ3) is 2.16. The predicted octanol–water partition coefficient (Wildman–Crippen LogP) is 1.96. The Kier molecular flexibility index (Phi) is 3.31. The van der Waals surface area contributed by atoms with Crippen LogP contribution in [0.25, 0.3) is 0 Å². The van der Waals surface area contributed by atoms with Crippen molar-refractivity contribution in [3.63, 3.8) is 0 Å². The molecule has 19 heavy (non-hydrogen) atoms. The number of fused-ring (bicyclic) bond motifs is 1. The van der Waals surface area contributed by atoms with Gasteiger partial charge in [0.25, 0.3) is 0 Å². The van der Waals surface area contributed by atoms with Gasteiger partial charge in [-0.3, -0.25) is 0 Å². The lowest BCUT2D eigenvalue weighted by Crippen LogP contribution is -2.09. The molecule has 0 aromatic carbocycles. The van der Waals surface area contributed by atoms with E-state index in [9.17, 15) is 5.11 Å². The first-order chi connectivity index (χ1) is 9.26. The highest BCUT2D eigenvalue weighted by Crippen LogP contribution is 2.60. The van der Waals surface area contributed by atoms with Gasteiger partial charge in [0, 0.05) is 0 Å². The summed E-state index contributed by atoms with van der Waals surface area (Å²) < 4.78 is 10.3. The molecular formula is C14H20N2O3. The average Bonchev–Trinajstić information content (AvgIpc) is 3.20. The van der Waals surface area contributed by atoms with E-state index in [0.717, 1.165) is 0 Å². The third-order valence-electron chi connectivity index (χ3n) is 4.51. The van der Waals surface area contributed by atoms with Crippen molar-refractivity contribution >= 4 is 0 Å². The number of ether oxygens (including phenoxy) is 2. The van der Waals surface area contributed by atoms with Gasteiger partial charge in [0.05, 0.1) is 20.4 Å². The van der Waals surface area contributed by atoms with E-state index in [0.29, 0.717) is 35.2 Å². The molecule has 1 N–H and O–H groups in total. The van der Waals surface area contributed by atoms with Crippen molar-refractivity contribution in [1.29, 1.82) is 0 Å². The van der Waals surface area contributed by atoms with Crippen LogP contribution in [-0.4, -0.2) is 29.3 Å². The number of rotatable bonds is 4. The molecule has 2 fully saturated rings. The Bertz CT molecular complexity index is 454. The minimum Gasteiger partial charge on any atom is -0.480 e. The summed E-state index contributed by atoms with van der Waals surface area (Å²) in [5.74, 6) is 2.44. The number of aliphatic hydroxyl groups excluding tert-OH is 1. The summed E-state index contributed by atoms with van der Waals surface area (Å²) in [6, 6.07) is 0. The van der Waals surface area contributed by atoms with Crippen LogP contribution in [-0.2, 0) is 0 Å². The minimum atomic E-state index is -0.568. The summed E-state index contributed by atoms with van der Waals surface area (Å²) in [6.07, 6.45) is 6.01. The molecule has 1 aromatic heterocycles. The molecule has 0 amide bonds. The van der Waals surface area contributed by atoms with Crippen molar-refractivity contribution in [1.82, 2.24) is 9.97 Å². The highest BCUT2D eigenvalue weighted by atomic mass is 16.5. The van der Waals surface area contributed by atoms with Crippen molar-refractivity contribution in [2.45, 2.75) is 31.8 Å². The number of aromatic nitrogens is 2. The molecule has 5 nitrogen and oxygen atoms in total. The second-order valence-electron chi connectivity index (χ2n) is 5.44. The molecule has 0 radical (unpaired) electrons. The average molecular weight is 264 g/mol. The van der Waals surface area contributed by atoms with E-state index >= 15 is 0 Å². The molecule has 1 aromatic rings. The SMILES string of the molecule is COc1cnc(C(O)C2C3CCCCC32)c(OC)n1. The topological polar surface area (TPSA) is 64.5 Å². The molecule has 3 unspecified atom stereocenters. The second kappa shape index (κ2) is 4.96. The van der Waals surface area contributed by atoms with Crippen LogP contribution in [0, 0.1) is 17.8 Å². The lowest BCUT2D eigenvalue weighted by molar-refractivity contribution is 0.132. The molecule has 0 aliphatic heterocycles. The van der Waals surface area contributed by atoms with E-state index in [1.807, 2.05) is 0 Å². The largest absolute Gasteiger partial charge is 0.480 e. The fourth-order valence-electron chi connectivity index (χ4n) is 3.52. The van der Waals surface area contributed by atoms with Crippen LogP contribution in [0.5, 0.6) is 11.8 Å². The standard InChI is InChI=1S/C14H20N2O3/c1-18-10-7-15-12(14(16-10)19-2)13(17)11-8-5-3-4-6-9(8)11/h7-9,11,13,17H,3-6H2,1-2H3. The molecule has 1 heterocycles. The summed E-state index contributed by atoms with van der Waals surface area (Å²) in [6.45, 7) is 0. The zero-order valence-electron chi connectivity index (χ0n) is 11.4. The highest BCUT2D eigenvalue weighted by molar-refractivity contribution is 5.27. The van der Waals surface area contributed by atoms with E-state index in [1.165, 1.54) is 39.0 Å². The van der Waals surface area contributed by atoms with Crippen molar-refractivity contribution in [3.05, 3.63) is 11.9 Å². The Morgan fingerprint density at radius 1 is 1.21 bits per heavy atom. The van der Waals surface area contributed by atoms with E-state index < -0.39 is 6.10 Å². The van der Waals surface area contributed by atoms with Gasteiger partial charge in [-0.2, -0.15) is 4.98 Å². The van der Waals surface area contributed by atoms with Crippen molar-refractivity contribution < 1.29 is 14.6 Å². The van der Waals surface area contributed by atoms with Gasteiger partial charge in [0.2, 0.25) is 11.8 Å². The number of nitrogens with zero attached hydrogens (tertiary/aromatic N) is 2. The summed E-state index contributed by atoms with van der Waals surface area (Å²) in [5, 5.41) is 10.5. The van der Waals surface area contributed by atoms with E-state index in [2.05, 4.69) is 9.97 Å². The van der Waals surface area contributed by atoms with Crippen molar-refractivity contribution in [2.75, 3.05) is 14.2 Å². The van der Waals surface area contributed by atoms with Crippen LogP contribution >= 0.6 is 0 Å². The fraction of sp³-hybridized carbons (Fsp3) is 0.714. The molecule has 3 atom stereocenters. The molecule has 0 saturated heterocycles. The molecule has 2 saturated carbocycles. The molecule has 2 aliphatic rings. The number of methoxy groups -OCH3 is 2. The van der Waals surface area contributed by atoms with Gasteiger partial charge < -0.3 is 14.6 Å². The monoisotopic (exact) mass is 264 g/mol. The first kappa shape index (κ1) is 12.7. The maximum Gasteiger partial charge on any atom is 0.241 e. The Morgan fingerprint density at radius 3 is 2.47 bits per heavy atom. The highest BCUT2D eigenvalue weighted by Gasteiger charge is 2.55. The van der Waals surface area contributed by atoms with Gasteiger partial charge in [0.1, 0.15) is 11.8 Å². The normalized spacial score (nSPS) is 30.4. The molecular weight excluding hydrogens is 244 g/mol. The Labute approximate surface area is 113 Å². The third-order valence-corrected chi connectivity index (χ3v) is 4.51. The molecule has 5 heteroatoms. The second-order valence-corrected chi connectivity index (χ2v) is 5.44.